The second-order valence-electron chi connectivity index (χ2n) is 5.08. The van der Waals surface area contributed by atoms with Crippen molar-refractivity contribution >= 4 is 5.97 Å². The first-order valence-corrected chi connectivity index (χ1v) is 7.29. The van der Waals surface area contributed by atoms with Crippen LogP contribution in [0, 0.1) is 11.6 Å². The van der Waals surface area contributed by atoms with Gasteiger partial charge in [0.1, 0.15) is 11.4 Å². The molecule has 0 radical (unpaired) electrons. The third kappa shape index (κ3) is 3.65. The van der Waals surface area contributed by atoms with Gasteiger partial charge in [-0.05, 0) is 30.3 Å². The van der Waals surface area contributed by atoms with E-state index in [1.807, 2.05) is 18.2 Å². The molecule has 1 aromatic heterocycles. The van der Waals surface area contributed by atoms with Gasteiger partial charge >= 0.3 is 5.97 Å². The lowest BCUT2D eigenvalue weighted by Crippen LogP contribution is -2.05. The highest BCUT2D eigenvalue weighted by Crippen LogP contribution is 2.29. The van der Waals surface area contributed by atoms with Gasteiger partial charge in [-0.3, -0.25) is 0 Å². The zero-order valence-electron chi connectivity index (χ0n) is 13.2. The second kappa shape index (κ2) is 7.12. The Morgan fingerprint density at radius 3 is 2.68 bits per heavy atom. The summed E-state index contributed by atoms with van der Waals surface area (Å²) in [7, 11) is 1.55. The number of esters is 1. The average molecular weight is 345 g/mol. The molecule has 7 heteroatoms. The van der Waals surface area contributed by atoms with Crippen LogP contribution in [0.4, 0.5) is 8.78 Å². The van der Waals surface area contributed by atoms with Crippen LogP contribution in [0.15, 0.2) is 53.1 Å². The maximum absolute atomic E-state index is 13.1. The molecule has 2 aromatic carbocycles. The van der Waals surface area contributed by atoms with Crippen molar-refractivity contribution in [1.29, 1.82) is 0 Å². The fourth-order valence-electron chi connectivity index (χ4n) is 2.21. The van der Waals surface area contributed by atoms with Gasteiger partial charge in [0.2, 0.25) is 0 Å². The number of hydrogen-bond acceptors (Lipinski definition) is 5. The molecule has 0 aliphatic carbocycles. The Hall–Kier alpha value is -3.22. The minimum absolute atomic E-state index is 0.0941. The highest BCUT2D eigenvalue weighted by molar-refractivity contribution is 5.89. The molecule has 0 atom stereocenters. The van der Waals surface area contributed by atoms with Gasteiger partial charge in [0, 0.05) is 11.6 Å². The topological polar surface area (TPSA) is 61.6 Å². The minimum Gasteiger partial charge on any atom is -0.496 e. The molecule has 0 N–H and O–H groups in total. The largest absolute Gasteiger partial charge is 0.496 e. The Balaban J connectivity index is 1.69. The molecule has 0 aliphatic rings. The number of para-hydroxylation sites is 1. The highest BCUT2D eigenvalue weighted by Gasteiger charge is 2.14. The van der Waals surface area contributed by atoms with Gasteiger partial charge in [0.15, 0.2) is 24.0 Å². The molecule has 128 valence electrons. The number of aromatic nitrogens is 1. The van der Waals surface area contributed by atoms with Crippen LogP contribution in [0.2, 0.25) is 0 Å². The van der Waals surface area contributed by atoms with E-state index in [2.05, 4.69) is 5.16 Å². The normalized spacial score (nSPS) is 10.5. The Kier molecular flexibility index (Phi) is 4.74. The van der Waals surface area contributed by atoms with Crippen molar-refractivity contribution in [3.05, 3.63) is 71.5 Å². The summed E-state index contributed by atoms with van der Waals surface area (Å²) in [6.07, 6.45) is 0. The number of rotatable bonds is 5. The van der Waals surface area contributed by atoms with Gasteiger partial charge in [-0.1, -0.05) is 17.3 Å². The lowest BCUT2D eigenvalue weighted by atomic mass is 10.1. The van der Waals surface area contributed by atoms with Crippen molar-refractivity contribution in [3.63, 3.8) is 0 Å². The third-order valence-corrected chi connectivity index (χ3v) is 3.44. The molecule has 0 aliphatic heterocycles. The number of carbonyl (C=O) groups excluding carboxylic acids is 1. The summed E-state index contributed by atoms with van der Waals surface area (Å²) in [6.45, 7) is -0.194. The maximum Gasteiger partial charge on any atom is 0.338 e. The van der Waals surface area contributed by atoms with E-state index in [4.69, 9.17) is 14.0 Å². The SMILES string of the molecule is COc1ccccc1-c1cc(COC(=O)c2ccc(F)c(F)c2)on1. The summed E-state index contributed by atoms with van der Waals surface area (Å²) in [6, 6.07) is 11.6. The van der Waals surface area contributed by atoms with Crippen molar-refractivity contribution in [1.82, 2.24) is 5.16 Å². The number of carbonyl (C=O) groups is 1. The van der Waals surface area contributed by atoms with E-state index in [0.29, 0.717) is 17.2 Å². The molecule has 0 unspecified atom stereocenters. The van der Waals surface area contributed by atoms with Crippen LogP contribution in [0.1, 0.15) is 16.1 Å². The molecule has 0 saturated heterocycles. The molecule has 0 bridgehead atoms. The zero-order chi connectivity index (χ0) is 17.8. The molecular weight excluding hydrogens is 332 g/mol. The van der Waals surface area contributed by atoms with Crippen LogP contribution in [0.25, 0.3) is 11.3 Å². The number of benzene rings is 2. The fraction of sp³-hybridized carbons (Fsp3) is 0.111. The summed E-state index contributed by atoms with van der Waals surface area (Å²) < 4.78 is 41.4. The quantitative estimate of drug-likeness (QED) is 0.655. The van der Waals surface area contributed by atoms with Gasteiger partial charge in [-0.25, -0.2) is 13.6 Å². The maximum atomic E-state index is 13.1. The monoisotopic (exact) mass is 345 g/mol. The Bertz CT molecular complexity index is 908. The van der Waals surface area contributed by atoms with E-state index >= 15 is 0 Å². The van der Waals surface area contributed by atoms with Crippen LogP contribution in [0.5, 0.6) is 5.75 Å². The first kappa shape index (κ1) is 16.6. The third-order valence-electron chi connectivity index (χ3n) is 3.44. The molecular formula is C18H13F2NO4. The van der Waals surface area contributed by atoms with Gasteiger partial charge in [0.25, 0.3) is 0 Å². The van der Waals surface area contributed by atoms with Crippen molar-refractivity contribution in [3.8, 4) is 17.0 Å². The van der Waals surface area contributed by atoms with Crippen molar-refractivity contribution in [2.24, 2.45) is 0 Å². The summed E-state index contributed by atoms with van der Waals surface area (Å²) in [4.78, 5) is 11.9. The van der Waals surface area contributed by atoms with Crippen LogP contribution in [-0.2, 0) is 11.3 Å². The van der Waals surface area contributed by atoms with Crippen LogP contribution in [-0.4, -0.2) is 18.2 Å². The van der Waals surface area contributed by atoms with Crippen molar-refractivity contribution in [2.45, 2.75) is 6.61 Å². The fourth-order valence-corrected chi connectivity index (χ4v) is 2.21. The molecule has 1 heterocycles. The number of nitrogens with zero attached hydrogens (tertiary/aromatic N) is 1. The van der Waals surface area contributed by atoms with Crippen molar-refractivity contribution in [2.75, 3.05) is 7.11 Å². The van der Waals surface area contributed by atoms with E-state index in [-0.39, 0.29) is 12.2 Å². The van der Waals surface area contributed by atoms with Gasteiger partial charge in [0.05, 0.1) is 12.7 Å². The van der Waals surface area contributed by atoms with Crippen LogP contribution in [0.3, 0.4) is 0 Å². The molecule has 3 rings (SSSR count). The average Bonchev–Trinajstić information content (AvgIpc) is 3.10. The van der Waals surface area contributed by atoms with Gasteiger partial charge in [-0.2, -0.15) is 0 Å². The number of ether oxygens (including phenoxy) is 2. The smallest absolute Gasteiger partial charge is 0.338 e. The summed E-state index contributed by atoms with van der Waals surface area (Å²) >= 11 is 0. The van der Waals surface area contributed by atoms with Gasteiger partial charge < -0.3 is 14.0 Å². The van der Waals surface area contributed by atoms with Crippen LogP contribution >= 0.6 is 0 Å². The molecule has 0 spiro atoms. The van der Waals surface area contributed by atoms with Gasteiger partial charge in [-0.15, -0.1) is 0 Å². The standard InChI is InChI=1S/C18H13F2NO4/c1-23-17-5-3-2-4-13(17)16-9-12(25-21-16)10-24-18(22)11-6-7-14(19)15(20)8-11/h2-9H,10H2,1H3. The van der Waals surface area contributed by atoms with E-state index in [1.165, 1.54) is 0 Å². The zero-order valence-corrected chi connectivity index (χ0v) is 13.2. The first-order valence-electron chi connectivity index (χ1n) is 7.29. The highest BCUT2D eigenvalue weighted by atomic mass is 19.2. The lowest BCUT2D eigenvalue weighted by molar-refractivity contribution is 0.0436. The molecule has 5 nitrogen and oxygen atoms in total. The van der Waals surface area contributed by atoms with Crippen molar-refractivity contribution < 1.29 is 27.6 Å². The molecule has 25 heavy (non-hydrogen) atoms. The predicted octanol–water partition coefficient (Wildman–Crippen LogP) is 3.99. The molecule has 3 aromatic rings. The Labute approximate surface area is 141 Å². The minimum atomic E-state index is -1.12. The predicted molar refractivity (Wildman–Crippen MR) is 84.0 cm³/mol. The molecule has 0 amide bonds. The van der Waals surface area contributed by atoms with E-state index in [9.17, 15) is 13.6 Å². The van der Waals surface area contributed by atoms with Crippen LogP contribution < -0.4 is 4.74 Å². The summed E-state index contributed by atoms with van der Waals surface area (Å²) in [5, 5.41) is 3.92. The second-order valence-corrected chi connectivity index (χ2v) is 5.08. The molecule has 0 fully saturated rings. The summed E-state index contributed by atoms with van der Waals surface area (Å²) in [5.41, 5.74) is 1.16. The van der Waals surface area contributed by atoms with E-state index in [0.717, 1.165) is 23.8 Å². The Morgan fingerprint density at radius 1 is 1.12 bits per heavy atom. The lowest BCUT2D eigenvalue weighted by Gasteiger charge is -2.04. The first-order chi connectivity index (χ1) is 12.1. The Morgan fingerprint density at radius 2 is 1.92 bits per heavy atom. The van der Waals surface area contributed by atoms with E-state index in [1.54, 1.807) is 19.2 Å². The number of hydrogen-bond donors (Lipinski definition) is 0. The van der Waals surface area contributed by atoms with E-state index < -0.39 is 17.6 Å². The number of halogens is 2. The summed E-state index contributed by atoms with van der Waals surface area (Å²) in [5.74, 6) is -2.02. The molecule has 0 saturated carbocycles. The number of methoxy groups -OCH3 is 1.